The molecule has 1 aliphatic heterocycles. The van der Waals surface area contributed by atoms with Crippen molar-refractivity contribution < 1.29 is 19.0 Å². The van der Waals surface area contributed by atoms with Crippen molar-refractivity contribution in [2.45, 2.75) is 84.6 Å². The van der Waals surface area contributed by atoms with Gasteiger partial charge in [0, 0.05) is 56.3 Å². The van der Waals surface area contributed by atoms with Crippen molar-refractivity contribution in [3.63, 3.8) is 0 Å². The number of aliphatic hydroxyl groups excluding tert-OH is 1. The van der Waals surface area contributed by atoms with Crippen LogP contribution in [0.3, 0.4) is 0 Å². The summed E-state index contributed by atoms with van der Waals surface area (Å²) >= 11 is 6.02. The van der Waals surface area contributed by atoms with Crippen molar-refractivity contribution in [2.24, 2.45) is 5.41 Å². The lowest BCUT2D eigenvalue weighted by molar-refractivity contribution is -0.120. The molecular weight excluding hydrogens is 507 g/mol. The van der Waals surface area contributed by atoms with E-state index in [1.807, 2.05) is 32.8 Å². The van der Waals surface area contributed by atoms with E-state index >= 15 is 0 Å². The summed E-state index contributed by atoms with van der Waals surface area (Å²) in [6.45, 7) is 12.2. The molecule has 9 heteroatoms. The number of rotatable bonds is 9. The lowest BCUT2D eigenvalue weighted by atomic mass is 9.86. The lowest BCUT2D eigenvalue weighted by Gasteiger charge is -2.40. The number of fused-ring (bicyclic) bond motifs is 1. The molecule has 0 radical (unpaired) electrons. The van der Waals surface area contributed by atoms with Crippen LogP contribution >= 0.6 is 11.6 Å². The molecule has 210 valence electrons. The van der Waals surface area contributed by atoms with Gasteiger partial charge in [-0.05, 0) is 61.9 Å². The molecule has 38 heavy (non-hydrogen) atoms. The molecule has 0 fully saturated rings. The molecule has 3 N–H and O–H groups in total. The van der Waals surface area contributed by atoms with Gasteiger partial charge in [-0.2, -0.15) is 0 Å². The summed E-state index contributed by atoms with van der Waals surface area (Å²) in [5.74, 6) is 0.784. The molecule has 0 aliphatic carbocycles. The molecule has 0 saturated carbocycles. The first-order valence-corrected chi connectivity index (χ1v) is 13.4. The van der Waals surface area contributed by atoms with Crippen molar-refractivity contribution in [1.29, 1.82) is 0 Å². The van der Waals surface area contributed by atoms with E-state index in [1.54, 1.807) is 6.07 Å². The Labute approximate surface area is 231 Å². The fraction of sp³-hybridized carbons (Fsp3) is 0.586. The average Bonchev–Trinajstić information content (AvgIpc) is 2.74. The second kappa shape index (κ2) is 11.8. The van der Waals surface area contributed by atoms with E-state index in [0.29, 0.717) is 12.0 Å². The van der Waals surface area contributed by atoms with Crippen molar-refractivity contribution in [3.05, 3.63) is 51.9 Å². The summed E-state index contributed by atoms with van der Waals surface area (Å²) in [5, 5.41) is 17.8. The Kier molecular flexibility index (Phi) is 9.32. The van der Waals surface area contributed by atoms with E-state index in [2.05, 4.69) is 37.5 Å². The number of hydrogen-bond donors (Lipinski definition) is 3. The van der Waals surface area contributed by atoms with E-state index in [-0.39, 0.29) is 35.4 Å². The molecule has 3 rings (SSSR count). The predicted molar refractivity (Wildman–Crippen MR) is 151 cm³/mol. The predicted octanol–water partition coefficient (Wildman–Crippen LogP) is 4.83. The van der Waals surface area contributed by atoms with Gasteiger partial charge in [-0.1, -0.05) is 32.4 Å². The van der Waals surface area contributed by atoms with E-state index < -0.39 is 23.6 Å². The van der Waals surface area contributed by atoms with Gasteiger partial charge in [-0.25, -0.2) is 9.37 Å². The zero-order valence-electron chi connectivity index (χ0n) is 23.8. The van der Waals surface area contributed by atoms with Crippen LogP contribution in [0.25, 0.3) is 0 Å². The Hall–Kier alpha value is -2.42. The first kappa shape index (κ1) is 30.1. The zero-order chi connectivity index (χ0) is 28.4. The summed E-state index contributed by atoms with van der Waals surface area (Å²) in [4.78, 5) is 18.8. The smallest absolute Gasteiger partial charge is 0.217 e. The van der Waals surface area contributed by atoms with Gasteiger partial charge < -0.3 is 25.4 Å². The first-order chi connectivity index (χ1) is 17.5. The molecule has 1 aromatic carbocycles. The molecule has 2 aromatic rings. The minimum atomic E-state index is -0.931. The SMILES string of the molecule is CC(=O)N[C@@H](Cc1cc(F)cc(Cl)c1)[C@H](O)CN[C@H]1CC(C)(C)Oc2c1cc(CC(C)(C)C)nc2N(C)C. The van der Waals surface area contributed by atoms with Crippen LogP contribution < -0.4 is 20.3 Å². The molecule has 0 spiro atoms. The standard InChI is InChI=1S/C29H42ClFN4O3/c1-17(36)33-23(11-18-9-19(30)12-20(31)10-18)25(37)16-32-24-15-29(5,6)38-26-22(24)13-21(14-28(2,3)4)34-27(26)35(7)8/h9-10,12-13,23-25,32,37H,11,14-16H2,1-8H3,(H,33,36)/t23-,24-,25+/m0/s1. The third-order valence-electron chi connectivity index (χ3n) is 6.43. The fourth-order valence-corrected chi connectivity index (χ4v) is 5.17. The quantitative estimate of drug-likeness (QED) is 0.416. The molecule has 1 amide bonds. The van der Waals surface area contributed by atoms with Gasteiger partial charge in [0.2, 0.25) is 5.91 Å². The van der Waals surface area contributed by atoms with Gasteiger partial charge in [0.15, 0.2) is 11.6 Å². The maximum Gasteiger partial charge on any atom is 0.217 e. The number of anilines is 1. The molecule has 1 aromatic heterocycles. The molecule has 1 aliphatic rings. The van der Waals surface area contributed by atoms with E-state index in [4.69, 9.17) is 21.3 Å². The number of amides is 1. The number of pyridine rings is 1. The van der Waals surface area contributed by atoms with Gasteiger partial charge in [-0.15, -0.1) is 0 Å². The number of nitrogens with one attached hydrogen (secondary N) is 2. The van der Waals surface area contributed by atoms with Gasteiger partial charge in [0.25, 0.3) is 0 Å². The van der Waals surface area contributed by atoms with Crippen LogP contribution in [0.4, 0.5) is 10.2 Å². The van der Waals surface area contributed by atoms with Crippen molar-refractivity contribution in [3.8, 4) is 5.75 Å². The zero-order valence-corrected chi connectivity index (χ0v) is 24.5. The van der Waals surface area contributed by atoms with Gasteiger partial charge in [-0.3, -0.25) is 4.79 Å². The Bertz CT molecular complexity index is 1130. The highest BCUT2D eigenvalue weighted by molar-refractivity contribution is 6.30. The second-order valence-corrected chi connectivity index (χ2v) is 12.8. The van der Waals surface area contributed by atoms with Crippen LogP contribution in [0, 0.1) is 11.2 Å². The highest BCUT2D eigenvalue weighted by atomic mass is 35.5. The number of hydrogen-bond acceptors (Lipinski definition) is 6. The van der Waals surface area contributed by atoms with Crippen molar-refractivity contribution >= 4 is 23.3 Å². The Balaban J connectivity index is 1.88. The minimum Gasteiger partial charge on any atom is -0.484 e. The molecule has 0 saturated heterocycles. The van der Waals surface area contributed by atoms with Crippen LogP contribution in [-0.2, 0) is 17.6 Å². The number of aromatic nitrogens is 1. The van der Waals surface area contributed by atoms with E-state index in [0.717, 1.165) is 29.2 Å². The number of carbonyl (C=O) groups excluding carboxylic acids is 1. The molecular formula is C29H42ClFN4O3. The Morgan fingerprint density at radius 3 is 2.55 bits per heavy atom. The minimum absolute atomic E-state index is 0.0596. The number of benzene rings is 1. The van der Waals surface area contributed by atoms with Crippen molar-refractivity contribution in [2.75, 3.05) is 25.5 Å². The number of nitrogens with zero attached hydrogens (tertiary/aromatic N) is 2. The topological polar surface area (TPSA) is 86.7 Å². The van der Waals surface area contributed by atoms with E-state index in [1.165, 1.54) is 19.1 Å². The second-order valence-electron chi connectivity index (χ2n) is 12.4. The number of halogens is 2. The summed E-state index contributed by atoms with van der Waals surface area (Å²) in [6.07, 6.45) is 0.795. The average molecular weight is 549 g/mol. The normalized spacial score (nSPS) is 18.2. The largest absolute Gasteiger partial charge is 0.484 e. The summed E-state index contributed by atoms with van der Waals surface area (Å²) in [6, 6.07) is 5.61. The van der Waals surface area contributed by atoms with Gasteiger partial charge in [0.1, 0.15) is 11.4 Å². The number of aliphatic hydroxyl groups is 1. The van der Waals surface area contributed by atoms with E-state index in [9.17, 15) is 14.3 Å². The molecule has 0 unspecified atom stereocenters. The highest BCUT2D eigenvalue weighted by Crippen LogP contribution is 2.44. The molecule has 7 nitrogen and oxygen atoms in total. The summed E-state index contributed by atoms with van der Waals surface area (Å²) in [5.41, 5.74) is 2.18. The fourth-order valence-electron chi connectivity index (χ4n) is 4.93. The van der Waals surface area contributed by atoms with Crippen LogP contribution in [0.15, 0.2) is 24.3 Å². The number of ether oxygens (including phenoxy) is 1. The highest BCUT2D eigenvalue weighted by Gasteiger charge is 2.37. The first-order valence-electron chi connectivity index (χ1n) is 13.1. The monoisotopic (exact) mass is 548 g/mol. The van der Waals surface area contributed by atoms with Crippen molar-refractivity contribution in [1.82, 2.24) is 15.6 Å². The van der Waals surface area contributed by atoms with Crippen LogP contribution in [0.5, 0.6) is 5.75 Å². The Morgan fingerprint density at radius 1 is 1.29 bits per heavy atom. The molecule has 2 heterocycles. The van der Waals surface area contributed by atoms with Gasteiger partial charge >= 0.3 is 0 Å². The Morgan fingerprint density at radius 2 is 1.97 bits per heavy atom. The third-order valence-corrected chi connectivity index (χ3v) is 6.64. The van der Waals surface area contributed by atoms with Gasteiger partial charge in [0.05, 0.1) is 12.1 Å². The molecule has 3 atom stereocenters. The lowest BCUT2D eigenvalue weighted by Crippen LogP contribution is -2.49. The van der Waals surface area contributed by atoms with Crippen LogP contribution in [0.1, 0.15) is 70.8 Å². The maximum absolute atomic E-state index is 13.9. The summed E-state index contributed by atoms with van der Waals surface area (Å²) < 4.78 is 20.3. The third kappa shape index (κ3) is 8.29. The maximum atomic E-state index is 13.9. The van der Waals surface area contributed by atoms with Crippen LogP contribution in [0.2, 0.25) is 5.02 Å². The van der Waals surface area contributed by atoms with Crippen LogP contribution in [-0.4, -0.2) is 54.4 Å². The molecule has 0 bridgehead atoms. The summed E-state index contributed by atoms with van der Waals surface area (Å²) in [7, 11) is 3.91. The number of carbonyl (C=O) groups is 1.